The van der Waals surface area contributed by atoms with E-state index in [1.807, 2.05) is 0 Å². The molecule has 0 atom stereocenters. The van der Waals surface area contributed by atoms with E-state index in [4.69, 9.17) is 5.11 Å². The Labute approximate surface area is 103 Å². The summed E-state index contributed by atoms with van der Waals surface area (Å²) in [6, 6.07) is 6.62. The van der Waals surface area contributed by atoms with Gasteiger partial charge in [0.05, 0.1) is 6.42 Å². The number of amides is 1. The highest BCUT2D eigenvalue weighted by molar-refractivity contribution is 6.01. The highest BCUT2D eigenvalue weighted by Gasteiger charge is 2.08. The van der Waals surface area contributed by atoms with Gasteiger partial charge in [-0.05, 0) is 17.7 Å². The topological polar surface area (TPSA) is 95.1 Å². The summed E-state index contributed by atoms with van der Waals surface area (Å²) in [6.07, 6.45) is 3.02. The molecule has 2 rings (SSSR count). The summed E-state index contributed by atoms with van der Waals surface area (Å²) in [5.74, 6) is -1.00. The number of H-pyrrole nitrogens is 1. The summed E-state index contributed by atoms with van der Waals surface area (Å²) in [4.78, 5) is 28.7. The molecule has 1 aromatic heterocycles. The number of aliphatic carboxylic acids is 1. The first-order chi connectivity index (χ1) is 8.65. The largest absolute Gasteiger partial charge is 0.481 e. The zero-order chi connectivity index (χ0) is 13.0. The Kier molecular flexibility index (Phi) is 3.38. The average molecular weight is 245 g/mol. The quantitative estimate of drug-likeness (QED) is 0.756. The first-order valence-corrected chi connectivity index (χ1v) is 5.26. The number of hydrogen-bond acceptors (Lipinski definition) is 3. The van der Waals surface area contributed by atoms with Gasteiger partial charge in [-0.1, -0.05) is 12.1 Å². The van der Waals surface area contributed by atoms with Crippen molar-refractivity contribution in [3.8, 4) is 0 Å². The number of carbonyl (C=O) groups excluding carboxylic acids is 1. The van der Waals surface area contributed by atoms with Gasteiger partial charge < -0.3 is 15.4 Å². The Morgan fingerprint density at radius 1 is 1.28 bits per heavy atom. The molecule has 0 unspecified atom stereocenters. The van der Waals surface area contributed by atoms with Crippen molar-refractivity contribution < 1.29 is 14.7 Å². The second-order valence-corrected chi connectivity index (χ2v) is 3.66. The van der Waals surface area contributed by atoms with E-state index in [1.54, 1.807) is 30.5 Å². The van der Waals surface area contributed by atoms with Crippen LogP contribution in [0.1, 0.15) is 16.2 Å². The van der Waals surface area contributed by atoms with Crippen LogP contribution in [-0.2, 0) is 11.2 Å². The minimum absolute atomic E-state index is 0.0353. The first-order valence-electron chi connectivity index (χ1n) is 5.26. The van der Waals surface area contributed by atoms with Crippen molar-refractivity contribution in [3.05, 3.63) is 48.0 Å². The van der Waals surface area contributed by atoms with Crippen molar-refractivity contribution in [1.29, 1.82) is 0 Å². The molecule has 92 valence electrons. The fourth-order valence-electron chi connectivity index (χ4n) is 1.46. The number of nitrogens with one attached hydrogen (secondary N) is 2. The van der Waals surface area contributed by atoms with E-state index in [0.717, 1.165) is 0 Å². The second kappa shape index (κ2) is 5.13. The number of imidazole rings is 1. The summed E-state index contributed by atoms with van der Waals surface area (Å²) in [5, 5.41) is 11.3. The van der Waals surface area contributed by atoms with E-state index in [2.05, 4.69) is 15.3 Å². The van der Waals surface area contributed by atoms with Gasteiger partial charge in [0, 0.05) is 18.1 Å². The minimum Gasteiger partial charge on any atom is -0.481 e. The molecular formula is C12H11N3O3. The molecule has 1 aromatic carbocycles. The van der Waals surface area contributed by atoms with Gasteiger partial charge in [0.1, 0.15) is 0 Å². The lowest BCUT2D eigenvalue weighted by molar-refractivity contribution is -0.136. The number of rotatable bonds is 4. The van der Waals surface area contributed by atoms with Crippen LogP contribution < -0.4 is 5.32 Å². The molecule has 6 nitrogen and oxygen atoms in total. The van der Waals surface area contributed by atoms with Gasteiger partial charge in [0.15, 0.2) is 5.82 Å². The number of carboxylic acid groups (broad SMARTS) is 1. The van der Waals surface area contributed by atoms with Crippen LogP contribution in [0.25, 0.3) is 0 Å². The van der Waals surface area contributed by atoms with Gasteiger partial charge in [-0.15, -0.1) is 0 Å². The maximum absolute atomic E-state index is 11.6. The SMILES string of the molecule is O=C(O)Cc1ccc(NC(=O)c2ncc[nH]2)cc1. The molecule has 0 saturated heterocycles. The van der Waals surface area contributed by atoms with Crippen molar-refractivity contribution in [3.63, 3.8) is 0 Å². The van der Waals surface area contributed by atoms with Gasteiger partial charge in [0.2, 0.25) is 0 Å². The molecule has 0 saturated carbocycles. The van der Waals surface area contributed by atoms with E-state index in [0.29, 0.717) is 11.3 Å². The Bertz CT molecular complexity index is 546. The Morgan fingerprint density at radius 2 is 2.00 bits per heavy atom. The zero-order valence-electron chi connectivity index (χ0n) is 9.38. The van der Waals surface area contributed by atoms with Gasteiger partial charge in [-0.25, -0.2) is 4.98 Å². The number of carbonyl (C=O) groups is 2. The lowest BCUT2D eigenvalue weighted by Crippen LogP contribution is -2.13. The molecule has 2 aromatic rings. The van der Waals surface area contributed by atoms with Crippen molar-refractivity contribution in [2.45, 2.75) is 6.42 Å². The number of hydrogen-bond donors (Lipinski definition) is 3. The predicted molar refractivity (Wildman–Crippen MR) is 64.3 cm³/mol. The summed E-state index contributed by atoms with van der Waals surface area (Å²) < 4.78 is 0. The lowest BCUT2D eigenvalue weighted by Gasteiger charge is -2.04. The van der Waals surface area contributed by atoms with E-state index in [-0.39, 0.29) is 18.2 Å². The van der Waals surface area contributed by atoms with Crippen molar-refractivity contribution in [2.24, 2.45) is 0 Å². The molecule has 0 aliphatic heterocycles. The molecule has 0 spiro atoms. The predicted octanol–water partition coefficient (Wildman–Crippen LogP) is 1.29. The molecule has 0 aliphatic rings. The molecule has 0 radical (unpaired) electrons. The fraction of sp³-hybridized carbons (Fsp3) is 0.0833. The fourth-order valence-corrected chi connectivity index (χ4v) is 1.46. The Hall–Kier alpha value is -2.63. The number of aromatic nitrogens is 2. The van der Waals surface area contributed by atoms with E-state index in [9.17, 15) is 9.59 Å². The number of aromatic amines is 1. The monoisotopic (exact) mass is 245 g/mol. The van der Waals surface area contributed by atoms with Crippen LogP contribution >= 0.6 is 0 Å². The Balaban J connectivity index is 2.02. The molecular weight excluding hydrogens is 234 g/mol. The van der Waals surface area contributed by atoms with Crippen LogP contribution in [0.2, 0.25) is 0 Å². The lowest BCUT2D eigenvalue weighted by atomic mass is 10.1. The number of benzene rings is 1. The number of nitrogens with zero attached hydrogens (tertiary/aromatic N) is 1. The third-order valence-electron chi connectivity index (χ3n) is 2.28. The highest BCUT2D eigenvalue weighted by Crippen LogP contribution is 2.10. The van der Waals surface area contributed by atoms with Gasteiger partial charge in [-0.2, -0.15) is 0 Å². The molecule has 18 heavy (non-hydrogen) atoms. The zero-order valence-corrected chi connectivity index (χ0v) is 9.38. The molecule has 1 heterocycles. The Morgan fingerprint density at radius 3 is 2.56 bits per heavy atom. The van der Waals surface area contributed by atoms with E-state index in [1.165, 1.54) is 6.20 Å². The summed E-state index contributed by atoms with van der Waals surface area (Å²) in [6.45, 7) is 0. The molecule has 3 N–H and O–H groups in total. The standard InChI is InChI=1S/C12H11N3O3/c16-10(17)7-8-1-3-9(4-2-8)15-12(18)11-13-5-6-14-11/h1-6H,7H2,(H,13,14)(H,15,18)(H,16,17). The molecule has 6 heteroatoms. The summed E-state index contributed by atoms with van der Waals surface area (Å²) >= 11 is 0. The van der Waals surface area contributed by atoms with Gasteiger partial charge in [-0.3, -0.25) is 9.59 Å². The van der Waals surface area contributed by atoms with Crippen LogP contribution in [0.3, 0.4) is 0 Å². The smallest absolute Gasteiger partial charge is 0.307 e. The second-order valence-electron chi connectivity index (χ2n) is 3.66. The van der Waals surface area contributed by atoms with Gasteiger partial charge in [0.25, 0.3) is 5.91 Å². The maximum atomic E-state index is 11.6. The normalized spacial score (nSPS) is 10.0. The van der Waals surface area contributed by atoms with Crippen LogP contribution in [0.4, 0.5) is 5.69 Å². The van der Waals surface area contributed by atoms with Crippen LogP contribution in [0.5, 0.6) is 0 Å². The van der Waals surface area contributed by atoms with Crippen molar-refractivity contribution in [1.82, 2.24) is 9.97 Å². The van der Waals surface area contributed by atoms with Crippen LogP contribution in [-0.4, -0.2) is 27.0 Å². The number of anilines is 1. The first kappa shape index (κ1) is 11.8. The highest BCUT2D eigenvalue weighted by atomic mass is 16.4. The molecule has 0 bridgehead atoms. The van der Waals surface area contributed by atoms with Crippen molar-refractivity contribution >= 4 is 17.6 Å². The average Bonchev–Trinajstić information content (AvgIpc) is 2.84. The molecule has 0 fully saturated rings. The number of carboxylic acids is 1. The van der Waals surface area contributed by atoms with Crippen LogP contribution in [0.15, 0.2) is 36.7 Å². The van der Waals surface area contributed by atoms with Crippen molar-refractivity contribution in [2.75, 3.05) is 5.32 Å². The summed E-state index contributed by atoms with van der Waals surface area (Å²) in [7, 11) is 0. The maximum Gasteiger partial charge on any atom is 0.307 e. The molecule has 0 aliphatic carbocycles. The van der Waals surface area contributed by atoms with Crippen LogP contribution in [0, 0.1) is 0 Å². The van der Waals surface area contributed by atoms with E-state index < -0.39 is 5.97 Å². The third-order valence-corrected chi connectivity index (χ3v) is 2.28. The molecule has 1 amide bonds. The van der Waals surface area contributed by atoms with E-state index >= 15 is 0 Å². The third kappa shape index (κ3) is 2.94. The minimum atomic E-state index is -0.887. The van der Waals surface area contributed by atoms with Gasteiger partial charge >= 0.3 is 5.97 Å². The summed E-state index contributed by atoms with van der Waals surface area (Å²) in [5.41, 5.74) is 1.27.